The third-order valence-electron chi connectivity index (χ3n) is 8.09. The number of hydrogen-bond acceptors (Lipinski definition) is 10. The Morgan fingerprint density at radius 1 is 0.673 bits per heavy atom. The van der Waals surface area contributed by atoms with E-state index >= 15 is 0 Å². The number of ether oxygens (including phenoxy) is 2. The number of sulfonamides is 2. The Labute approximate surface area is 320 Å². The SMILES string of the molecule is COc1ccc(NS(=O)(=O)c2ccc(NC(=O)NCc3cccnc3)cc2)cc1.O=C(NCc1cccnc1)Oc1ccc(S(=O)(=O)N2CCCCC2)cc1. The molecule has 0 aliphatic carbocycles. The van der Waals surface area contributed by atoms with E-state index < -0.39 is 32.2 Å². The first-order valence-corrected chi connectivity index (χ1v) is 20.1. The molecule has 2 aromatic heterocycles. The highest BCUT2D eigenvalue weighted by Gasteiger charge is 2.26. The summed E-state index contributed by atoms with van der Waals surface area (Å²) in [5.74, 6) is 0.913. The molecule has 0 saturated carbocycles. The van der Waals surface area contributed by atoms with Crippen LogP contribution in [0, 0.1) is 0 Å². The van der Waals surface area contributed by atoms with Crippen LogP contribution in [0.25, 0.3) is 0 Å². The summed E-state index contributed by atoms with van der Waals surface area (Å²) >= 11 is 0. The molecule has 15 nitrogen and oxygen atoms in total. The van der Waals surface area contributed by atoms with Gasteiger partial charge in [0.2, 0.25) is 10.0 Å². The van der Waals surface area contributed by atoms with Crippen LogP contribution in [0.1, 0.15) is 30.4 Å². The maximum atomic E-state index is 12.6. The van der Waals surface area contributed by atoms with Crippen LogP contribution in [0.2, 0.25) is 0 Å². The standard InChI is InChI=1S/C20H20N4O4S.C18H21N3O4S/c1-28-18-8-4-17(5-9-18)24-29(26,27)19-10-6-16(7-11-19)23-20(25)22-14-15-3-2-12-21-13-15;22-18(20-14-15-5-4-10-19-13-15)25-16-6-8-17(9-7-16)26(23,24)21-11-2-1-3-12-21/h2-13,24H,14H2,1H3,(H2,22,23,25);4-10,13H,1-3,11-12,14H2,(H,20,22). The molecule has 5 aromatic rings. The quantitative estimate of drug-likeness (QED) is 0.121. The van der Waals surface area contributed by atoms with E-state index in [1.54, 1.807) is 61.2 Å². The van der Waals surface area contributed by atoms with Gasteiger partial charge in [-0.1, -0.05) is 18.6 Å². The van der Waals surface area contributed by atoms with Gasteiger partial charge in [0.15, 0.2) is 0 Å². The van der Waals surface area contributed by atoms with Gasteiger partial charge in [-0.15, -0.1) is 0 Å². The summed E-state index contributed by atoms with van der Waals surface area (Å²) in [6.45, 7) is 1.74. The average Bonchev–Trinajstić information content (AvgIpc) is 3.21. The van der Waals surface area contributed by atoms with Crippen LogP contribution in [-0.4, -0.2) is 63.4 Å². The Balaban J connectivity index is 0.000000212. The van der Waals surface area contributed by atoms with Crippen molar-refractivity contribution in [1.82, 2.24) is 24.9 Å². The van der Waals surface area contributed by atoms with E-state index in [1.807, 2.05) is 12.1 Å². The molecule has 288 valence electrons. The normalized spacial score (nSPS) is 13.0. The average molecular weight is 788 g/mol. The van der Waals surface area contributed by atoms with Gasteiger partial charge in [0.25, 0.3) is 10.0 Å². The molecule has 0 atom stereocenters. The fraction of sp³-hybridized carbons (Fsp3) is 0.211. The van der Waals surface area contributed by atoms with E-state index in [9.17, 15) is 26.4 Å². The van der Waals surface area contributed by atoms with Gasteiger partial charge in [-0.2, -0.15) is 4.31 Å². The molecule has 3 heterocycles. The molecule has 1 aliphatic rings. The fourth-order valence-corrected chi connectivity index (χ4v) is 7.78. The number of piperidine rings is 1. The third kappa shape index (κ3) is 12.2. The van der Waals surface area contributed by atoms with Crippen molar-refractivity contribution in [2.75, 3.05) is 30.2 Å². The van der Waals surface area contributed by atoms with Gasteiger partial charge in [-0.25, -0.2) is 26.4 Å². The molecule has 0 spiro atoms. The molecule has 3 amide bonds. The lowest BCUT2D eigenvalue weighted by Gasteiger charge is -2.25. The van der Waals surface area contributed by atoms with Gasteiger partial charge < -0.3 is 25.4 Å². The number of rotatable bonds is 12. The van der Waals surface area contributed by atoms with Crippen LogP contribution in [0.3, 0.4) is 0 Å². The molecule has 1 fully saturated rings. The maximum absolute atomic E-state index is 12.6. The zero-order valence-electron chi connectivity index (χ0n) is 29.9. The number of nitrogens with one attached hydrogen (secondary N) is 4. The Morgan fingerprint density at radius 3 is 1.78 bits per heavy atom. The third-order valence-corrected chi connectivity index (χ3v) is 11.4. The van der Waals surface area contributed by atoms with E-state index in [-0.39, 0.29) is 15.5 Å². The highest BCUT2D eigenvalue weighted by atomic mass is 32.2. The molecule has 0 bridgehead atoms. The van der Waals surface area contributed by atoms with Gasteiger partial charge in [0.1, 0.15) is 11.5 Å². The van der Waals surface area contributed by atoms with Crippen LogP contribution >= 0.6 is 0 Å². The second-order valence-electron chi connectivity index (χ2n) is 12.1. The summed E-state index contributed by atoms with van der Waals surface area (Å²) in [6.07, 6.45) is 8.85. The topological polar surface area (TPSA) is 198 Å². The van der Waals surface area contributed by atoms with Crippen molar-refractivity contribution >= 4 is 43.5 Å². The number of carbonyl (C=O) groups excluding carboxylic acids is 2. The van der Waals surface area contributed by atoms with Crippen molar-refractivity contribution in [3.05, 3.63) is 133 Å². The Hall–Kier alpha value is -6.04. The predicted octanol–water partition coefficient (Wildman–Crippen LogP) is 5.76. The molecule has 1 aliphatic heterocycles. The van der Waals surface area contributed by atoms with Crippen molar-refractivity contribution in [3.63, 3.8) is 0 Å². The van der Waals surface area contributed by atoms with Crippen molar-refractivity contribution in [3.8, 4) is 11.5 Å². The summed E-state index contributed by atoms with van der Waals surface area (Å²) in [5, 5.41) is 7.97. The molecule has 0 unspecified atom stereocenters. The van der Waals surface area contributed by atoms with Gasteiger partial charge in [-0.05, 0) is 109 Å². The number of carbonyl (C=O) groups is 2. The first kappa shape index (κ1) is 40.2. The number of benzene rings is 3. The lowest BCUT2D eigenvalue weighted by molar-refractivity contribution is 0.200. The molecule has 0 radical (unpaired) electrons. The Morgan fingerprint density at radius 2 is 1.22 bits per heavy atom. The summed E-state index contributed by atoms with van der Waals surface area (Å²) in [6, 6.07) is 25.2. The van der Waals surface area contributed by atoms with Crippen molar-refractivity contribution < 1.29 is 35.9 Å². The zero-order chi connectivity index (χ0) is 39.1. The van der Waals surface area contributed by atoms with Crippen molar-refractivity contribution in [2.45, 2.75) is 42.1 Å². The largest absolute Gasteiger partial charge is 0.497 e. The van der Waals surface area contributed by atoms with E-state index in [0.29, 0.717) is 43.3 Å². The number of nitrogens with zero attached hydrogens (tertiary/aromatic N) is 3. The van der Waals surface area contributed by atoms with Crippen molar-refractivity contribution in [1.29, 1.82) is 0 Å². The molecular weight excluding hydrogens is 747 g/mol. The molecule has 17 heteroatoms. The summed E-state index contributed by atoms with van der Waals surface area (Å²) in [5.41, 5.74) is 2.61. The number of urea groups is 1. The molecular formula is C38H41N7O8S2. The second kappa shape index (κ2) is 19.3. The number of pyridine rings is 2. The maximum Gasteiger partial charge on any atom is 0.412 e. The molecule has 1 saturated heterocycles. The van der Waals surface area contributed by atoms with Crippen LogP contribution in [0.5, 0.6) is 11.5 Å². The number of amides is 3. The Kier molecular flexibility index (Phi) is 14.1. The molecule has 4 N–H and O–H groups in total. The smallest absolute Gasteiger partial charge is 0.412 e. The second-order valence-corrected chi connectivity index (χ2v) is 15.7. The molecule has 3 aromatic carbocycles. The van der Waals surface area contributed by atoms with Crippen LogP contribution in [0.4, 0.5) is 21.0 Å². The van der Waals surface area contributed by atoms with Gasteiger partial charge >= 0.3 is 12.1 Å². The lowest BCUT2D eigenvalue weighted by atomic mass is 10.2. The fourth-order valence-electron chi connectivity index (χ4n) is 5.20. The minimum atomic E-state index is -3.75. The molecule has 6 rings (SSSR count). The number of aromatic nitrogens is 2. The van der Waals surface area contributed by atoms with E-state index in [2.05, 4.69) is 30.6 Å². The predicted molar refractivity (Wildman–Crippen MR) is 206 cm³/mol. The van der Waals surface area contributed by atoms with Gasteiger partial charge in [0, 0.05) is 62.3 Å². The van der Waals surface area contributed by atoms with Crippen LogP contribution in [0.15, 0.2) is 132 Å². The number of hydrogen-bond donors (Lipinski definition) is 4. The van der Waals surface area contributed by atoms with Gasteiger partial charge in [-0.3, -0.25) is 14.7 Å². The molecule has 55 heavy (non-hydrogen) atoms. The van der Waals surface area contributed by atoms with Crippen molar-refractivity contribution in [2.24, 2.45) is 0 Å². The number of methoxy groups -OCH3 is 1. The number of anilines is 2. The minimum absolute atomic E-state index is 0.0784. The lowest BCUT2D eigenvalue weighted by Crippen LogP contribution is -2.35. The first-order valence-electron chi connectivity index (χ1n) is 17.2. The first-order chi connectivity index (χ1) is 26.5. The Bertz CT molecular complexity index is 2210. The summed E-state index contributed by atoms with van der Waals surface area (Å²) in [7, 11) is -5.70. The summed E-state index contributed by atoms with van der Waals surface area (Å²) in [4.78, 5) is 32.0. The van der Waals surface area contributed by atoms with Crippen LogP contribution in [-0.2, 0) is 33.1 Å². The highest BCUT2D eigenvalue weighted by Crippen LogP contribution is 2.23. The van der Waals surface area contributed by atoms with Crippen LogP contribution < -0.4 is 30.1 Å². The highest BCUT2D eigenvalue weighted by molar-refractivity contribution is 7.92. The van der Waals surface area contributed by atoms with Gasteiger partial charge in [0.05, 0.1) is 16.9 Å². The van der Waals surface area contributed by atoms with E-state index in [0.717, 1.165) is 30.4 Å². The van der Waals surface area contributed by atoms with E-state index in [4.69, 9.17) is 9.47 Å². The zero-order valence-corrected chi connectivity index (χ0v) is 31.6. The monoisotopic (exact) mass is 787 g/mol. The summed E-state index contributed by atoms with van der Waals surface area (Å²) < 4.78 is 64.4. The minimum Gasteiger partial charge on any atom is -0.497 e. The van der Waals surface area contributed by atoms with E-state index in [1.165, 1.54) is 59.9 Å².